The van der Waals surface area contributed by atoms with Crippen LogP contribution in [0, 0.1) is 5.92 Å². The number of carbonyl (C=O) groups is 2. The zero-order valence-corrected chi connectivity index (χ0v) is 16.9. The first-order chi connectivity index (χ1) is 13.0. The predicted molar refractivity (Wildman–Crippen MR) is 105 cm³/mol. The number of carbonyl (C=O) groups excluding carboxylic acids is 2. The van der Waals surface area contributed by atoms with Gasteiger partial charge in [-0.2, -0.15) is 0 Å². The number of hydrogen-bond donors (Lipinski definition) is 0. The lowest BCUT2D eigenvalue weighted by atomic mass is 10.0. The van der Waals surface area contributed by atoms with Crippen molar-refractivity contribution in [1.82, 2.24) is 4.90 Å². The molecule has 2 aromatic carbocycles. The molecule has 0 N–H and O–H groups in total. The van der Waals surface area contributed by atoms with Gasteiger partial charge in [0.05, 0.1) is 12.5 Å². The molecule has 27 heavy (non-hydrogen) atoms. The Morgan fingerprint density at radius 1 is 1.26 bits per heavy atom. The van der Waals surface area contributed by atoms with Gasteiger partial charge in [-0.3, -0.25) is 4.79 Å². The van der Waals surface area contributed by atoms with E-state index in [0.29, 0.717) is 12.4 Å². The molecule has 1 aliphatic rings. The molecule has 5 nitrogen and oxygen atoms in total. The van der Waals surface area contributed by atoms with E-state index in [1.165, 1.54) is 4.90 Å². The summed E-state index contributed by atoms with van der Waals surface area (Å²) >= 11 is 3.44. The van der Waals surface area contributed by atoms with Gasteiger partial charge in [-0.05, 0) is 29.7 Å². The second-order valence-electron chi connectivity index (χ2n) is 6.86. The minimum atomic E-state index is -0.569. The van der Waals surface area contributed by atoms with Crippen LogP contribution in [-0.2, 0) is 22.6 Å². The van der Waals surface area contributed by atoms with E-state index in [-0.39, 0.29) is 30.9 Å². The third kappa shape index (κ3) is 4.69. The monoisotopic (exact) mass is 431 g/mol. The smallest absolute Gasteiger partial charge is 0.416 e. The second-order valence-corrected chi connectivity index (χ2v) is 7.77. The fourth-order valence-corrected chi connectivity index (χ4v) is 3.43. The van der Waals surface area contributed by atoms with Crippen LogP contribution in [0.1, 0.15) is 25.0 Å². The van der Waals surface area contributed by atoms with Crippen molar-refractivity contribution in [3.8, 4) is 5.75 Å². The Balaban J connectivity index is 1.76. The van der Waals surface area contributed by atoms with E-state index in [0.717, 1.165) is 15.6 Å². The van der Waals surface area contributed by atoms with Crippen LogP contribution >= 0.6 is 15.9 Å². The molecule has 0 unspecified atom stereocenters. The number of amides is 2. The van der Waals surface area contributed by atoms with E-state index in [9.17, 15) is 9.59 Å². The summed E-state index contributed by atoms with van der Waals surface area (Å²) in [5, 5.41) is 0. The zero-order chi connectivity index (χ0) is 19.4. The molecule has 0 radical (unpaired) electrons. The Kier molecular flexibility index (Phi) is 6.16. The summed E-state index contributed by atoms with van der Waals surface area (Å²) in [5.41, 5.74) is 1.77. The first-order valence-corrected chi connectivity index (χ1v) is 9.69. The summed E-state index contributed by atoms with van der Waals surface area (Å²) in [7, 11) is 0. The molecule has 2 aromatic rings. The summed E-state index contributed by atoms with van der Waals surface area (Å²) in [5.74, 6) is 0.486. The van der Waals surface area contributed by atoms with Gasteiger partial charge < -0.3 is 9.47 Å². The molecule has 1 aliphatic heterocycles. The number of rotatable bonds is 6. The second kappa shape index (κ2) is 8.57. The highest BCUT2D eigenvalue weighted by atomic mass is 79.9. The minimum Gasteiger partial charge on any atom is -0.489 e. The maximum atomic E-state index is 12.8. The van der Waals surface area contributed by atoms with Crippen LogP contribution in [-0.4, -0.2) is 29.5 Å². The highest BCUT2D eigenvalue weighted by Crippen LogP contribution is 2.27. The maximum absolute atomic E-state index is 12.8. The van der Waals surface area contributed by atoms with Crippen LogP contribution < -0.4 is 4.74 Å². The number of benzene rings is 2. The lowest BCUT2D eigenvalue weighted by Gasteiger charge is -2.23. The van der Waals surface area contributed by atoms with E-state index in [1.54, 1.807) is 0 Å². The summed E-state index contributed by atoms with van der Waals surface area (Å²) in [4.78, 5) is 26.1. The summed E-state index contributed by atoms with van der Waals surface area (Å²) in [6.07, 6.45) is -0.498. The molecule has 0 saturated carbocycles. The maximum Gasteiger partial charge on any atom is 0.416 e. The Labute approximate surface area is 167 Å². The van der Waals surface area contributed by atoms with Crippen molar-refractivity contribution in [3.63, 3.8) is 0 Å². The van der Waals surface area contributed by atoms with E-state index in [2.05, 4.69) is 15.9 Å². The van der Waals surface area contributed by atoms with Crippen molar-refractivity contribution in [1.29, 1.82) is 0 Å². The third-order valence-corrected chi connectivity index (χ3v) is 5.04. The van der Waals surface area contributed by atoms with Crippen molar-refractivity contribution in [2.24, 2.45) is 5.92 Å². The zero-order valence-electron chi connectivity index (χ0n) is 15.4. The van der Waals surface area contributed by atoms with Gasteiger partial charge in [0.25, 0.3) is 0 Å². The van der Waals surface area contributed by atoms with E-state index in [4.69, 9.17) is 9.47 Å². The van der Waals surface area contributed by atoms with Crippen LogP contribution in [0.25, 0.3) is 0 Å². The number of nitrogens with zero attached hydrogens (tertiary/aromatic N) is 1. The molecule has 0 spiro atoms. The van der Waals surface area contributed by atoms with Crippen LogP contribution in [0.15, 0.2) is 53.0 Å². The molecule has 3 rings (SSSR count). The van der Waals surface area contributed by atoms with Gasteiger partial charge in [-0.1, -0.05) is 60.1 Å². The van der Waals surface area contributed by atoms with Gasteiger partial charge in [-0.15, -0.1) is 0 Å². The molecule has 0 aromatic heterocycles. The Hall–Kier alpha value is -2.34. The SMILES string of the molecule is CC(C)[C@@H]1COC(=O)N1C(=O)Cc1cc(Br)ccc1OCc1ccccc1. The van der Waals surface area contributed by atoms with Crippen molar-refractivity contribution in [2.45, 2.75) is 32.9 Å². The van der Waals surface area contributed by atoms with Crippen molar-refractivity contribution < 1.29 is 19.1 Å². The number of halogens is 1. The first kappa shape index (κ1) is 19.4. The van der Waals surface area contributed by atoms with E-state index < -0.39 is 6.09 Å². The fraction of sp³-hybridized carbons (Fsp3) is 0.333. The van der Waals surface area contributed by atoms with Gasteiger partial charge >= 0.3 is 6.09 Å². The van der Waals surface area contributed by atoms with Gasteiger partial charge in [0.2, 0.25) is 5.91 Å². The lowest BCUT2D eigenvalue weighted by Crippen LogP contribution is -2.42. The van der Waals surface area contributed by atoms with Crippen LogP contribution in [0.3, 0.4) is 0 Å². The molecule has 1 saturated heterocycles. The number of ether oxygens (including phenoxy) is 2. The molecule has 0 aliphatic carbocycles. The third-order valence-electron chi connectivity index (χ3n) is 4.55. The molecule has 0 bridgehead atoms. The van der Waals surface area contributed by atoms with Crippen molar-refractivity contribution >= 4 is 27.9 Å². The fourth-order valence-electron chi connectivity index (χ4n) is 3.02. The van der Waals surface area contributed by atoms with Crippen molar-refractivity contribution in [2.75, 3.05) is 6.61 Å². The molecule has 142 valence electrons. The standard InChI is InChI=1S/C21H22BrNO4/c1-14(2)18-13-27-21(25)23(18)20(24)11-16-10-17(22)8-9-19(16)26-12-15-6-4-3-5-7-15/h3-10,14,18H,11-13H2,1-2H3/t18-/m0/s1. The first-order valence-electron chi connectivity index (χ1n) is 8.89. The predicted octanol–water partition coefficient (Wildman–Crippen LogP) is 4.57. The average Bonchev–Trinajstić information content (AvgIpc) is 3.04. The summed E-state index contributed by atoms with van der Waals surface area (Å²) in [6.45, 7) is 4.60. The highest BCUT2D eigenvalue weighted by Gasteiger charge is 2.39. The van der Waals surface area contributed by atoms with Gasteiger partial charge in [-0.25, -0.2) is 9.69 Å². The molecule has 1 atom stereocenters. The Morgan fingerprint density at radius 3 is 2.70 bits per heavy atom. The molecule has 1 fully saturated rings. The van der Waals surface area contributed by atoms with Gasteiger partial charge in [0.15, 0.2) is 0 Å². The Morgan fingerprint density at radius 2 is 2.00 bits per heavy atom. The minimum absolute atomic E-state index is 0.0713. The van der Waals surface area contributed by atoms with E-state index >= 15 is 0 Å². The number of hydrogen-bond acceptors (Lipinski definition) is 4. The van der Waals surface area contributed by atoms with Crippen molar-refractivity contribution in [3.05, 3.63) is 64.1 Å². The van der Waals surface area contributed by atoms with Gasteiger partial charge in [0, 0.05) is 10.0 Å². The molecule has 2 amide bonds. The number of cyclic esters (lactones) is 1. The summed E-state index contributed by atoms with van der Waals surface area (Å²) in [6, 6.07) is 15.1. The van der Waals surface area contributed by atoms with Crippen LogP contribution in [0.2, 0.25) is 0 Å². The van der Waals surface area contributed by atoms with Crippen LogP contribution in [0.5, 0.6) is 5.75 Å². The number of imide groups is 1. The van der Waals surface area contributed by atoms with E-state index in [1.807, 2.05) is 62.4 Å². The molecule has 1 heterocycles. The quantitative estimate of drug-likeness (QED) is 0.671. The molecular formula is C21H22BrNO4. The van der Waals surface area contributed by atoms with Gasteiger partial charge in [0.1, 0.15) is 19.0 Å². The Bertz CT molecular complexity index is 822. The normalized spacial score (nSPS) is 16.5. The largest absolute Gasteiger partial charge is 0.489 e. The highest BCUT2D eigenvalue weighted by molar-refractivity contribution is 9.10. The lowest BCUT2D eigenvalue weighted by molar-refractivity contribution is -0.129. The average molecular weight is 432 g/mol. The topological polar surface area (TPSA) is 55.8 Å². The molecule has 6 heteroatoms. The summed E-state index contributed by atoms with van der Waals surface area (Å²) < 4.78 is 11.9. The molecular weight excluding hydrogens is 410 g/mol. The van der Waals surface area contributed by atoms with Crippen LogP contribution in [0.4, 0.5) is 4.79 Å².